The number of carbonyl (C=O) groups is 1. The lowest BCUT2D eigenvalue weighted by Crippen LogP contribution is -2.06. The molecule has 3 rings (SSSR count). The van der Waals surface area contributed by atoms with Crippen molar-refractivity contribution in [1.29, 1.82) is 0 Å². The Labute approximate surface area is 168 Å². The number of benzene rings is 2. The van der Waals surface area contributed by atoms with Gasteiger partial charge in [0.05, 0.1) is 20.0 Å². The second kappa shape index (κ2) is 9.32. The summed E-state index contributed by atoms with van der Waals surface area (Å²) >= 11 is 1.13. The first-order valence-corrected chi connectivity index (χ1v) is 9.22. The van der Waals surface area contributed by atoms with Crippen LogP contribution in [0.3, 0.4) is 0 Å². The topological polar surface area (TPSA) is 88.4 Å². The van der Waals surface area contributed by atoms with Gasteiger partial charge < -0.3 is 14.2 Å². The summed E-state index contributed by atoms with van der Waals surface area (Å²) in [5.41, 5.74) is 0.914. The fourth-order valence-corrected chi connectivity index (χ4v) is 3.20. The zero-order valence-corrected chi connectivity index (χ0v) is 16.2. The van der Waals surface area contributed by atoms with Crippen molar-refractivity contribution < 1.29 is 27.8 Å². The van der Waals surface area contributed by atoms with E-state index in [4.69, 9.17) is 9.47 Å². The third kappa shape index (κ3) is 4.99. The van der Waals surface area contributed by atoms with Crippen LogP contribution < -0.4 is 14.2 Å². The van der Waals surface area contributed by atoms with Crippen LogP contribution in [0.25, 0.3) is 5.69 Å². The second-order valence-electron chi connectivity index (χ2n) is 5.53. The highest BCUT2D eigenvalue weighted by Crippen LogP contribution is 2.30. The van der Waals surface area contributed by atoms with Gasteiger partial charge in [-0.25, -0.2) is 0 Å². The molecule has 152 valence electrons. The van der Waals surface area contributed by atoms with Gasteiger partial charge in [0.1, 0.15) is 22.9 Å². The minimum atomic E-state index is -2.92. The fraction of sp³-hybridized carbons (Fsp3) is 0.222. The maximum absolute atomic E-state index is 12.4. The molecule has 0 amide bonds. The second-order valence-corrected chi connectivity index (χ2v) is 6.47. The van der Waals surface area contributed by atoms with Crippen LogP contribution >= 0.6 is 11.8 Å². The Kier molecular flexibility index (Phi) is 6.60. The Morgan fingerprint density at radius 2 is 1.83 bits per heavy atom. The zero-order valence-electron chi connectivity index (χ0n) is 15.4. The lowest BCUT2D eigenvalue weighted by atomic mass is 10.1. The van der Waals surface area contributed by atoms with Crippen molar-refractivity contribution in [2.45, 2.75) is 11.8 Å². The quantitative estimate of drug-likeness (QED) is 0.384. The molecule has 2 aromatic carbocycles. The molecular formula is C18H16F2N4O4S. The molecule has 8 nitrogen and oxygen atoms in total. The van der Waals surface area contributed by atoms with Crippen LogP contribution in [0.2, 0.25) is 0 Å². The molecule has 0 aliphatic carbocycles. The van der Waals surface area contributed by atoms with Crippen molar-refractivity contribution in [3.05, 3.63) is 48.0 Å². The summed E-state index contributed by atoms with van der Waals surface area (Å²) < 4.78 is 40.7. The van der Waals surface area contributed by atoms with Crippen LogP contribution in [-0.4, -0.2) is 52.6 Å². The monoisotopic (exact) mass is 422 g/mol. The van der Waals surface area contributed by atoms with Crippen molar-refractivity contribution in [2.75, 3.05) is 20.0 Å². The first-order chi connectivity index (χ1) is 14.0. The van der Waals surface area contributed by atoms with Gasteiger partial charge in [-0.3, -0.25) is 4.79 Å². The largest absolute Gasteiger partial charge is 0.497 e. The third-order valence-electron chi connectivity index (χ3n) is 3.79. The zero-order chi connectivity index (χ0) is 20.8. The number of methoxy groups -OCH3 is 2. The van der Waals surface area contributed by atoms with Crippen LogP contribution in [-0.2, 0) is 0 Å². The highest BCUT2D eigenvalue weighted by molar-refractivity contribution is 7.99. The third-order valence-corrected chi connectivity index (χ3v) is 4.71. The van der Waals surface area contributed by atoms with Crippen LogP contribution in [0.5, 0.6) is 17.2 Å². The number of halogens is 2. The van der Waals surface area contributed by atoms with E-state index in [2.05, 4.69) is 20.3 Å². The molecule has 0 radical (unpaired) electrons. The number of hydrogen-bond donors (Lipinski definition) is 0. The van der Waals surface area contributed by atoms with Gasteiger partial charge in [-0.15, -0.1) is 5.10 Å². The Morgan fingerprint density at radius 1 is 1.10 bits per heavy atom. The molecule has 0 aliphatic rings. The molecule has 1 heterocycles. The molecule has 0 fully saturated rings. The molecule has 0 unspecified atom stereocenters. The summed E-state index contributed by atoms with van der Waals surface area (Å²) in [5, 5.41) is 12.0. The molecule has 11 heteroatoms. The van der Waals surface area contributed by atoms with E-state index in [-0.39, 0.29) is 17.3 Å². The van der Waals surface area contributed by atoms with E-state index >= 15 is 0 Å². The molecule has 0 N–H and O–H groups in total. The number of carbonyl (C=O) groups excluding carboxylic acids is 1. The number of rotatable bonds is 9. The summed E-state index contributed by atoms with van der Waals surface area (Å²) in [6.07, 6.45) is 0. The number of ether oxygens (including phenoxy) is 3. The van der Waals surface area contributed by atoms with Gasteiger partial charge >= 0.3 is 6.61 Å². The fourth-order valence-electron chi connectivity index (χ4n) is 2.42. The molecule has 0 aliphatic heterocycles. The summed E-state index contributed by atoms with van der Waals surface area (Å²) in [4.78, 5) is 12.4. The van der Waals surface area contributed by atoms with E-state index in [1.807, 2.05) is 0 Å². The Bertz CT molecular complexity index is 982. The molecule has 1 aromatic heterocycles. The highest BCUT2D eigenvalue weighted by atomic mass is 32.2. The van der Waals surface area contributed by atoms with Crippen LogP contribution in [0.15, 0.2) is 47.6 Å². The van der Waals surface area contributed by atoms with Crippen LogP contribution in [0.1, 0.15) is 10.4 Å². The van der Waals surface area contributed by atoms with E-state index in [9.17, 15) is 13.6 Å². The van der Waals surface area contributed by atoms with Gasteiger partial charge in [0.2, 0.25) is 5.16 Å². The number of tetrazole rings is 1. The standard InChI is InChI=1S/C18H16F2N4O4S/c1-26-13-7-8-16(27-2)14(9-13)24-18(21-22-23-24)29-10-15(25)11-3-5-12(6-4-11)28-17(19)20/h3-9,17H,10H2,1-2H3. The molecular weight excluding hydrogens is 406 g/mol. The van der Waals surface area contributed by atoms with Gasteiger partial charge in [-0.2, -0.15) is 13.5 Å². The normalized spacial score (nSPS) is 10.8. The van der Waals surface area contributed by atoms with Gasteiger partial charge in [0, 0.05) is 11.6 Å². The summed E-state index contributed by atoms with van der Waals surface area (Å²) in [5.74, 6) is 0.932. The van der Waals surface area contributed by atoms with Gasteiger partial charge in [0.15, 0.2) is 5.78 Å². The van der Waals surface area contributed by atoms with Gasteiger partial charge in [-0.05, 0) is 46.8 Å². The maximum atomic E-state index is 12.4. The number of thioether (sulfide) groups is 1. The molecule has 0 saturated heterocycles. The highest BCUT2D eigenvalue weighted by Gasteiger charge is 2.17. The molecule has 0 atom stereocenters. The lowest BCUT2D eigenvalue weighted by Gasteiger charge is -2.11. The Balaban J connectivity index is 1.73. The van der Waals surface area contributed by atoms with E-state index in [1.165, 1.54) is 43.2 Å². The van der Waals surface area contributed by atoms with E-state index in [1.54, 1.807) is 18.2 Å². The molecule has 3 aromatic rings. The van der Waals surface area contributed by atoms with Gasteiger partial charge in [-0.1, -0.05) is 11.8 Å². The van der Waals surface area contributed by atoms with Crippen molar-refractivity contribution >= 4 is 17.5 Å². The number of ketones is 1. The number of Topliss-reactive ketones (excluding diaryl/α,β-unsaturated/α-hetero) is 1. The first kappa shape index (κ1) is 20.5. The number of hydrogen-bond acceptors (Lipinski definition) is 8. The molecule has 0 spiro atoms. The average molecular weight is 422 g/mol. The van der Waals surface area contributed by atoms with E-state index in [0.29, 0.717) is 27.9 Å². The smallest absolute Gasteiger partial charge is 0.387 e. The van der Waals surface area contributed by atoms with Gasteiger partial charge in [0.25, 0.3) is 0 Å². The predicted molar refractivity (Wildman–Crippen MR) is 100 cm³/mol. The van der Waals surface area contributed by atoms with Crippen LogP contribution in [0.4, 0.5) is 8.78 Å². The van der Waals surface area contributed by atoms with E-state index in [0.717, 1.165) is 11.8 Å². The number of aromatic nitrogens is 4. The summed E-state index contributed by atoms with van der Waals surface area (Å²) in [6, 6.07) is 10.7. The SMILES string of the molecule is COc1ccc(OC)c(-n2nnnc2SCC(=O)c2ccc(OC(F)F)cc2)c1. The van der Waals surface area contributed by atoms with Crippen molar-refractivity contribution in [1.82, 2.24) is 20.2 Å². The van der Waals surface area contributed by atoms with Crippen molar-refractivity contribution in [3.63, 3.8) is 0 Å². The van der Waals surface area contributed by atoms with Crippen molar-refractivity contribution in [2.24, 2.45) is 0 Å². The minimum Gasteiger partial charge on any atom is -0.497 e. The molecule has 0 saturated carbocycles. The van der Waals surface area contributed by atoms with Crippen LogP contribution in [0, 0.1) is 0 Å². The maximum Gasteiger partial charge on any atom is 0.387 e. The predicted octanol–water partition coefficient (Wildman–Crippen LogP) is 3.26. The molecule has 29 heavy (non-hydrogen) atoms. The minimum absolute atomic E-state index is 0.0155. The number of nitrogens with zero attached hydrogens (tertiary/aromatic N) is 4. The summed E-state index contributed by atoms with van der Waals surface area (Å²) in [7, 11) is 3.06. The summed E-state index contributed by atoms with van der Waals surface area (Å²) in [6.45, 7) is -2.92. The Morgan fingerprint density at radius 3 is 2.48 bits per heavy atom. The van der Waals surface area contributed by atoms with E-state index < -0.39 is 6.61 Å². The first-order valence-electron chi connectivity index (χ1n) is 8.23. The van der Waals surface area contributed by atoms with Crippen molar-refractivity contribution in [3.8, 4) is 22.9 Å². The lowest BCUT2D eigenvalue weighted by molar-refractivity contribution is -0.0498. The number of alkyl halides is 2. The average Bonchev–Trinajstić information content (AvgIpc) is 3.20. The molecule has 0 bridgehead atoms. The Hall–Kier alpha value is -3.21.